The van der Waals surface area contributed by atoms with Gasteiger partial charge >= 0.3 is 6.09 Å². The molecular formula is C35H60N4O3. The molecular weight excluding hydrogens is 524 g/mol. The Morgan fingerprint density at radius 1 is 1.17 bits per heavy atom. The topological polar surface area (TPSA) is 113 Å². The van der Waals surface area contributed by atoms with Gasteiger partial charge in [-0.05, 0) is 105 Å². The molecule has 0 radical (unpaired) electrons. The van der Waals surface area contributed by atoms with Crippen LogP contribution in [0.2, 0.25) is 0 Å². The minimum absolute atomic E-state index is 0.0661. The average Bonchev–Trinajstić information content (AvgIpc) is 3.57. The fourth-order valence-corrected chi connectivity index (χ4v) is 11.1. The summed E-state index contributed by atoms with van der Waals surface area (Å²) in [5.41, 5.74) is 5.92. The van der Waals surface area contributed by atoms with Crippen molar-refractivity contribution in [1.82, 2.24) is 15.3 Å². The van der Waals surface area contributed by atoms with E-state index in [-0.39, 0.29) is 11.5 Å². The zero-order valence-corrected chi connectivity index (χ0v) is 27.2. The third kappa shape index (κ3) is 6.03. The van der Waals surface area contributed by atoms with Crippen LogP contribution >= 0.6 is 0 Å². The molecule has 0 spiro atoms. The van der Waals surface area contributed by atoms with Crippen molar-refractivity contribution in [2.75, 3.05) is 13.2 Å². The molecule has 10 atom stereocenters. The van der Waals surface area contributed by atoms with Crippen LogP contribution in [-0.2, 0) is 11.2 Å². The summed E-state index contributed by atoms with van der Waals surface area (Å²) in [6.45, 7) is 13.5. The molecule has 1 amide bonds. The largest absolute Gasteiger partial charge is 0.450 e. The van der Waals surface area contributed by atoms with Gasteiger partial charge in [-0.3, -0.25) is 0 Å². The highest BCUT2D eigenvalue weighted by Crippen LogP contribution is 2.69. The number of nitrogens with one attached hydrogen (secondary N) is 2. The number of H-pyrrole nitrogens is 1. The smallest absolute Gasteiger partial charge is 0.404 e. The summed E-state index contributed by atoms with van der Waals surface area (Å²) in [7, 11) is 0. The Morgan fingerprint density at radius 3 is 2.69 bits per heavy atom. The molecule has 5 rings (SSSR count). The van der Waals surface area contributed by atoms with Crippen LogP contribution in [-0.4, -0.2) is 46.0 Å². The number of rotatable bonds is 12. The zero-order valence-electron chi connectivity index (χ0n) is 27.2. The number of carbonyl (C=O) groups is 1. The summed E-state index contributed by atoms with van der Waals surface area (Å²) in [6.07, 6.45) is 18.0. The highest BCUT2D eigenvalue weighted by Gasteiger charge is 2.67. The van der Waals surface area contributed by atoms with Gasteiger partial charge in [0, 0.05) is 36.3 Å². The second-order valence-electron chi connectivity index (χ2n) is 15.9. The molecule has 4 saturated carbocycles. The van der Waals surface area contributed by atoms with Gasteiger partial charge in [-0.25, -0.2) is 9.78 Å². The van der Waals surface area contributed by atoms with Crippen molar-refractivity contribution in [3.63, 3.8) is 0 Å². The second kappa shape index (κ2) is 12.8. The molecule has 1 aromatic heterocycles. The molecule has 1 heterocycles. The van der Waals surface area contributed by atoms with E-state index in [4.69, 9.17) is 10.5 Å². The first-order valence-electron chi connectivity index (χ1n) is 17.3. The summed E-state index contributed by atoms with van der Waals surface area (Å²) in [6, 6.07) is 0.0661. The van der Waals surface area contributed by atoms with E-state index >= 15 is 0 Å². The summed E-state index contributed by atoms with van der Waals surface area (Å²) in [4.78, 5) is 18.6. The van der Waals surface area contributed by atoms with E-state index in [1.54, 1.807) is 6.33 Å². The maximum atomic E-state index is 12.9. The molecule has 7 heteroatoms. The molecule has 1 aromatic rings. The lowest BCUT2D eigenvalue weighted by atomic mass is 9.41. The molecule has 5 N–H and O–H groups in total. The Balaban J connectivity index is 1.35. The molecule has 7 nitrogen and oxygen atoms in total. The van der Waals surface area contributed by atoms with Crippen molar-refractivity contribution in [1.29, 1.82) is 0 Å². The minimum atomic E-state index is -0.770. The highest BCUT2D eigenvalue weighted by molar-refractivity contribution is 5.64. The van der Waals surface area contributed by atoms with Crippen molar-refractivity contribution in [2.45, 2.75) is 130 Å². The first kappa shape index (κ1) is 31.8. The van der Waals surface area contributed by atoms with Crippen molar-refractivity contribution >= 4 is 6.09 Å². The number of amides is 1. The Kier molecular flexibility index (Phi) is 9.69. The predicted molar refractivity (Wildman–Crippen MR) is 168 cm³/mol. The number of hydrogen-bond donors (Lipinski definition) is 4. The number of imidazole rings is 1. The SMILES string of the molecule is CC(C)CCC[C@@H](C)[C@H]1CC[C@H]2[C@@H]3C[C@@H](NCCc4cnc[nH]4)[C@@]4(O)C[C@@H](CCOC(N)=O)CC[C@]4(C)[C@H]3CC[C@]12C. The van der Waals surface area contributed by atoms with E-state index in [1.165, 1.54) is 44.9 Å². The first-order chi connectivity index (χ1) is 20.0. The van der Waals surface area contributed by atoms with E-state index in [0.29, 0.717) is 29.8 Å². The van der Waals surface area contributed by atoms with Gasteiger partial charge in [0.15, 0.2) is 0 Å². The van der Waals surface area contributed by atoms with Crippen LogP contribution < -0.4 is 11.1 Å². The van der Waals surface area contributed by atoms with Gasteiger partial charge in [-0.1, -0.05) is 53.9 Å². The third-order valence-electron chi connectivity index (χ3n) is 13.3. The Morgan fingerprint density at radius 2 is 1.98 bits per heavy atom. The van der Waals surface area contributed by atoms with Crippen molar-refractivity contribution in [3.8, 4) is 0 Å². The molecule has 238 valence electrons. The first-order valence-corrected chi connectivity index (χ1v) is 17.3. The Bertz CT molecular complexity index is 1030. The van der Waals surface area contributed by atoms with E-state index < -0.39 is 11.7 Å². The number of hydrogen-bond acceptors (Lipinski definition) is 5. The summed E-state index contributed by atoms with van der Waals surface area (Å²) < 4.78 is 5.11. The van der Waals surface area contributed by atoms with Crippen molar-refractivity contribution < 1.29 is 14.6 Å². The number of carbonyl (C=O) groups excluding carboxylic acids is 1. The number of fused-ring (bicyclic) bond motifs is 5. The second-order valence-corrected chi connectivity index (χ2v) is 15.9. The van der Waals surface area contributed by atoms with Crippen molar-refractivity contribution in [2.24, 2.45) is 58.0 Å². The lowest BCUT2D eigenvalue weighted by Crippen LogP contribution is -2.71. The number of primary amides is 1. The minimum Gasteiger partial charge on any atom is -0.450 e. The molecule has 0 saturated heterocycles. The number of ether oxygens (including phenoxy) is 1. The highest BCUT2D eigenvalue weighted by atomic mass is 16.5. The van der Waals surface area contributed by atoms with Crippen LogP contribution in [0.15, 0.2) is 12.5 Å². The van der Waals surface area contributed by atoms with E-state index in [9.17, 15) is 9.90 Å². The van der Waals surface area contributed by atoms with Gasteiger partial charge in [0.1, 0.15) is 0 Å². The lowest BCUT2D eigenvalue weighted by molar-refractivity contribution is -0.228. The third-order valence-corrected chi connectivity index (χ3v) is 13.3. The summed E-state index contributed by atoms with van der Waals surface area (Å²) in [5.74, 6) is 4.76. The molecule has 0 aliphatic heterocycles. The number of aromatic nitrogens is 2. The number of nitrogens with zero attached hydrogens (tertiary/aromatic N) is 1. The van der Waals surface area contributed by atoms with Crippen LogP contribution in [0.5, 0.6) is 0 Å². The van der Waals surface area contributed by atoms with Crippen LogP contribution in [0, 0.1) is 52.3 Å². The monoisotopic (exact) mass is 584 g/mol. The van der Waals surface area contributed by atoms with Crippen LogP contribution in [0.4, 0.5) is 4.79 Å². The molecule has 4 aliphatic rings. The Hall–Kier alpha value is -1.60. The van der Waals surface area contributed by atoms with E-state index in [1.807, 2.05) is 6.20 Å². The summed E-state index contributed by atoms with van der Waals surface area (Å²) in [5, 5.41) is 16.8. The molecule has 4 fully saturated rings. The van der Waals surface area contributed by atoms with Crippen LogP contribution in [0.25, 0.3) is 0 Å². The van der Waals surface area contributed by atoms with Gasteiger partial charge < -0.3 is 25.9 Å². The van der Waals surface area contributed by atoms with E-state index in [0.717, 1.165) is 74.4 Å². The molecule has 0 bridgehead atoms. The number of nitrogens with two attached hydrogens (primary N) is 1. The van der Waals surface area contributed by atoms with Gasteiger partial charge in [-0.2, -0.15) is 0 Å². The molecule has 4 aliphatic carbocycles. The predicted octanol–water partition coefficient (Wildman–Crippen LogP) is 6.86. The number of aromatic amines is 1. The maximum Gasteiger partial charge on any atom is 0.404 e. The standard InChI is InChI=1S/C35H60N4O3/c1-23(2)7-6-8-24(3)28-9-10-29-27-19-31(38-17-13-26-21-37-22-39-26)35(41)20-25(14-18-42-32(36)40)11-16-34(35,5)30(27)12-15-33(28,29)4/h21-25,27-31,38,41H,6-20H2,1-5H3,(H2,36,40)(H,37,39)/t24-,25-,27+,28-,29+,30+,31-,33-,34-,35+/m1/s1. The normalized spacial score (nSPS) is 40.3. The quantitative estimate of drug-likeness (QED) is 0.214. The zero-order chi connectivity index (χ0) is 30.1. The van der Waals surface area contributed by atoms with Crippen LogP contribution in [0.3, 0.4) is 0 Å². The van der Waals surface area contributed by atoms with Gasteiger partial charge in [0.2, 0.25) is 0 Å². The van der Waals surface area contributed by atoms with Crippen molar-refractivity contribution in [3.05, 3.63) is 18.2 Å². The van der Waals surface area contributed by atoms with Crippen LogP contribution in [0.1, 0.15) is 117 Å². The molecule has 0 unspecified atom stereocenters. The lowest BCUT2D eigenvalue weighted by Gasteiger charge is -2.67. The molecule has 42 heavy (non-hydrogen) atoms. The fourth-order valence-electron chi connectivity index (χ4n) is 11.1. The maximum absolute atomic E-state index is 12.9. The number of aliphatic hydroxyl groups is 1. The summed E-state index contributed by atoms with van der Waals surface area (Å²) >= 11 is 0. The van der Waals surface area contributed by atoms with Gasteiger partial charge in [0.25, 0.3) is 0 Å². The van der Waals surface area contributed by atoms with Gasteiger partial charge in [0.05, 0.1) is 18.5 Å². The van der Waals surface area contributed by atoms with Gasteiger partial charge in [-0.15, -0.1) is 0 Å². The fraction of sp³-hybridized carbons (Fsp3) is 0.886. The average molecular weight is 585 g/mol. The van der Waals surface area contributed by atoms with E-state index in [2.05, 4.69) is 49.9 Å². The molecule has 0 aromatic carbocycles. The Labute approximate surface area is 254 Å².